The zero-order valence-corrected chi connectivity index (χ0v) is 16.8. The van der Waals surface area contributed by atoms with Crippen LogP contribution in [0.2, 0.25) is 0 Å². The summed E-state index contributed by atoms with van der Waals surface area (Å²) >= 11 is 0. The van der Waals surface area contributed by atoms with Crippen LogP contribution in [0.4, 0.5) is 11.8 Å². The first-order valence-electron chi connectivity index (χ1n) is 10.3. The summed E-state index contributed by atoms with van der Waals surface area (Å²) in [6.07, 6.45) is 4.05. The highest BCUT2D eigenvalue weighted by Crippen LogP contribution is 2.27. The molecule has 0 bridgehead atoms. The number of hydrogen-bond donors (Lipinski definition) is 2. The number of ether oxygens (including phenoxy) is 1. The molecule has 6 heteroatoms. The lowest BCUT2D eigenvalue weighted by Gasteiger charge is -2.34. The molecular weight excluding hydrogens is 364 g/mol. The maximum Gasteiger partial charge on any atom is 0.228 e. The first-order chi connectivity index (χ1) is 14.3. The first-order valence-corrected chi connectivity index (χ1v) is 10.3. The third-order valence-electron chi connectivity index (χ3n) is 5.57. The van der Waals surface area contributed by atoms with Crippen LogP contribution in [0.25, 0.3) is 10.9 Å². The van der Waals surface area contributed by atoms with Crippen molar-refractivity contribution >= 4 is 22.7 Å². The van der Waals surface area contributed by atoms with Gasteiger partial charge in [0.1, 0.15) is 11.6 Å². The van der Waals surface area contributed by atoms with Gasteiger partial charge in [0.05, 0.1) is 25.3 Å². The molecule has 0 spiro atoms. The zero-order valence-electron chi connectivity index (χ0n) is 16.8. The summed E-state index contributed by atoms with van der Waals surface area (Å²) in [5, 5.41) is 14.3. The van der Waals surface area contributed by atoms with Crippen molar-refractivity contribution in [3.63, 3.8) is 0 Å². The van der Waals surface area contributed by atoms with Crippen LogP contribution in [0.15, 0.2) is 48.5 Å². The van der Waals surface area contributed by atoms with E-state index in [0.29, 0.717) is 5.95 Å². The average Bonchev–Trinajstić information content (AvgIpc) is 2.79. The summed E-state index contributed by atoms with van der Waals surface area (Å²) in [5.74, 6) is 2.44. The van der Waals surface area contributed by atoms with E-state index in [-0.39, 0.29) is 12.6 Å². The van der Waals surface area contributed by atoms with Gasteiger partial charge in [0.2, 0.25) is 5.95 Å². The highest BCUT2D eigenvalue weighted by molar-refractivity contribution is 5.90. The zero-order chi connectivity index (χ0) is 20.1. The van der Waals surface area contributed by atoms with Crippen molar-refractivity contribution in [3.8, 4) is 5.75 Å². The molecule has 29 heavy (non-hydrogen) atoms. The Labute approximate surface area is 171 Å². The number of rotatable bonds is 7. The number of fused-ring (bicyclic) bond motifs is 1. The lowest BCUT2D eigenvalue weighted by molar-refractivity contribution is 0.239. The topological polar surface area (TPSA) is 70.5 Å². The number of hydrogen-bond acceptors (Lipinski definition) is 6. The average molecular weight is 393 g/mol. The minimum atomic E-state index is 0.0892. The fourth-order valence-electron chi connectivity index (χ4n) is 4.01. The molecule has 1 atom stereocenters. The predicted molar refractivity (Wildman–Crippen MR) is 117 cm³/mol. The van der Waals surface area contributed by atoms with E-state index in [1.54, 1.807) is 7.11 Å². The van der Waals surface area contributed by atoms with Crippen LogP contribution >= 0.6 is 0 Å². The van der Waals surface area contributed by atoms with Gasteiger partial charge in [-0.3, -0.25) is 0 Å². The lowest BCUT2D eigenvalue weighted by Crippen LogP contribution is -2.43. The fraction of sp³-hybridized carbons (Fsp3) is 0.391. The summed E-state index contributed by atoms with van der Waals surface area (Å²) in [5.41, 5.74) is 2.08. The van der Waals surface area contributed by atoms with E-state index < -0.39 is 0 Å². The number of nitrogens with one attached hydrogen (secondary N) is 1. The molecule has 1 aromatic heterocycles. The Morgan fingerprint density at radius 1 is 1.10 bits per heavy atom. The van der Waals surface area contributed by atoms with Crippen LogP contribution in [0, 0.1) is 0 Å². The standard InChI is InChI=1S/C23H28N4O2/c1-29-21-12-5-2-8-17(21)13-14-24-22-19-10-3-4-11-20(19)25-23(26-22)27-15-7-6-9-18(27)16-28/h2-5,8,10-12,18,28H,6-7,9,13-16H2,1H3,(H,24,25,26). The first kappa shape index (κ1) is 19.5. The smallest absolute Gasteiger partial charge is 0.228 e. The van der Waals surface area contributed by atoms with Gasteiger partial charge in [0.15, 0.2) is 0 Å². The molecule has 2 aromatic carbocycles. The Balaban J connectivity index is 1.59. The summed E-state index contributed by atoms with van der Waals surface area (Å²) in [6.45, 7) is 1.75. The normalized spacial score (nSPS) is 16.8. The van der Waals surface area contributed by atoms with Gasteiger partial charge in [0, 0.05) is 18.5 Å². The second-order valence-corrected chi connectivity index (χ2v) is 7.40. The van der Waals surface area contributed by atoms with Crippen LogP contribution in [0.1, 0.15) is 24.8 Å². The molecule has 2 heterocycles. The Morgan fingerprint density at radius 2 is 1.93 bits per heavy atom. The van der Waals surface area contributed by atoms with Gasteiger partial charge >= 0.3 is 0 Å². The van der Waals surface area contributed by atoms with Gasteiger partial charge in [0.25, 0.3) is 0 Å². The van der Waals surface area contributed by atoms with Crippen LogP contribution in [-0.4, -0.2) is 47.9 Å². The fourth-order valence-corrected chi connectivity index (χ4v) is 4.01. The highest BCUT2D eigenvalue weighted by Gasteiger charge is 2.24. The number of para-hydroxylation sites is 2. The molecule has 6 nitrogen and oxygen atoms in total. The molecular formula is C23H28N4O2. The number of aliphatic hydroxyl groups excluding tert-OH is 1. The minimum absolute atomic E-state index is 0.0892. The molecule has 152 valence electrons. The van der Waals surface area contributed by atoms with Crippen molar-refractivity contribution in [1.82, 2.24) is 9.97 Å². The predicted octanol–water partition coefficient (Wildman–Crippen LogP) is 3.64. The lowest BCUT2D eigenvalue weighted by atomic mass is 10.0. The van der Waals surface area contributed by atoms with E-state index >= 15 is 0 Å². The Kier molecular flexibility index (Phi) is 6.10. The maximum absolute atomic E-state index is 9.80. The molecule has 0 aliphatic carbocycles. The van der Waals surface area contributed by atoms with Crippen LogP contribution < -0.4 is 15.0 Å². The van der Waals surface area contributed by atoms with Gasteiger partial charge in [-0.2, -0.15) is 4.98 Å². The van der Waals surface area contributed by atoms with Gasteiger partial charge in [-0.25, -0.2) is 4.98 Å². The number of methoxy groups -OCH3 is 1. The molecule has 0 amide bonds. The SMILES string of the molecule is COc1ccccc1CCNc1nc(N2CCCCC2CO)nc2ccccc12. The van der Waals surface area contributed by atoms with Crippen molar-refractivity contribution in [1.29, 1.82) is 0 Å². The number of aromatic nitrogens is 2. The highest BCUT2D eigenvalue weighted by atomic mass is 16.5. The molecule has 0 radical (unpaired) electrons. The molecule has 1 aliphatic rings. The van der Waals surface area contributed by atoms with Crippen molar-refractivity contribution in [3.05, 3.63) is 54.1 Å². The number of anilines is 2. The summed E-state index contributed by atoms with van der Waals surface area (Å²) in [6, 6.07) is 16.2. The van der Waals surface area contributed by atoms with E-state index in [1.807, 2.05) is 42.5 Å². The van der Waals surface area contributed by atoms with Crippen molar-refractivity contribution < 1.29 is 9.84 Å². The third-order valence-corrected chi connectivity index (χ3v) is 5.57. The van der Waals surface area contributed by atoms with E-state index in [9.17, 15) is 5.11 Å². The van der Waals surface area contributed by atoms with Crippen molar-refractivity contribution in [2.45, 2.75) is 31.7 Å². The molecule has 1 unspecified atom stereocenters. The molecule has 1 fully saturated rings. The number of nitrogens with zero attached hydrogens (tertiary/aromatic N) is 3. The second kappa shape index (κ2) is 9.09. The van der Waals surface area contributed by atoms with E-state index in [0.717, 1.165) is 66.8 Å². The molecule has 4 rings (SSSR count). The maximum atomic E-state index is 9.80. The number of piperidine rings is 1. The molecule has 1 aliphatic heterocycles. The largest absolute Gasteiger partial charge is 0.496 e. The molecule has 0 saturated carbocycles. The number of aliphatic hydroxyl groups is 1. The van der Waals surface area contributed by atoms with E-state index in [4.69, 9.17) is 14.7 Å². The minimum Gasteiger partial charge on any atom is -0.496 e. The quantitative estimate of drug-likeness (QED) is 0.640. The van der Waals surface area contributed by atoms with Gasteiger partial charge in [-0.05, 0) is 49.4 Å². The van der Waals surface area contributed by atoms with E-state index in [2.05, 4.69) is 16.3 Å². The third kappa shape index (κ3) is 4.27. The summed E-state index contributed by atoms with van der Waals surface area (Å²) in [7, 11) is 1.70. The molecule has 2 N–H and O–H groups in total. The second-order valence-electron chi connectivity index (χ2n) is 7.40. The number of benzene rings is 2. The Morgan fingerprint density at radius 3 is 2.79 bits per heavy atom. The van der Waals surface area contributed by atoms with Gasteiger partial charge in [-0.1, -0.05) is 30.3 Å². The van der Waals surface area contributed by atoms with Crippen molar-refractivity contribution in [2.24, 2.45) is 0 Å². The van der Waals surface area contributed by atoms with Gasteiger partial charge < -0.3 is 20.1 Å². The van der Waals surface area contributed by atoms with Crippen LogP contribution in [0.3, 0.4) is 0 Å². The molecule has 1 saturated heterocycles. The van der Waals surface area contributed by atoms with Crippen LogP contribution in [-0.2, 0) is 6.42 Å². The Bertz CT molecular complexity index is 963. The van der Waals surface area contributed by atoms with E-state index in [1.165, 1.54) is 0 Å². The summed E-state index contributed by atoms with van der Waals surface area (Å²) < 4.78 is 5.46. The van der Waals surface area contributed by atoms with Crippen LogP contribution in [0.5, 0.6) is 5.75 Å². The Hall–Kier alpha value is -2.86. The monoisotopic (exact) mass is 392 g/mol. The van der Waals surface area contributed by atoms with Gasteiger partial charge in [-0.15, -0.1) is 0 Å². The molecule has 3 aromatic rings. The summed E-state index contributed by atoms with van der Waals surface area (Å²) in [4.78, 5) is 11.8. The van der Waals surface area contributed by atoms with Crippen molar-refractivity contribution in [2.75, 3.05) is 37.0 Å².